The van der Waals surface area contributed by atoms with Gasteiger partial charge in [-0.3, -0.25) is 0 Å². The van der Waals surface area contributed by atoms with E-state index in [1.165, 1.54) is 0 Å². The van der Waals surface area contributed by atoms with Crippen LogP contribution >= 0.6 is 0 Å². The van der Waals surface area contributed by atoms with Gasteiger partial charge in [-0.2, -0.15) is 0 Å². The van der Waals surface area contributed by atoms with Gasteiger partial charge in [0, 0.05) is 0 Å². The van der Waals surface area contributed by atoms with Crippen LogP contribution in [0.1, 0.15) is 27.7 Å². The van der Waals surface area contributed by atoms with E-state index in [2.05, 4.69) is 13.8 Å². The Hall–Kier alpha value is -0.0800. The summed E-state index contributed by atoms with van der Waals surface area (Å²) in [6.45, 7) is 8.25. The van der Waals surface area contributed by atoms with Gasteiger partial charge < -0.3 is 9.84 Å². The number of ether oxygens (including phenoxy) is 1. The highest BCUT2D eigenvalue weighted by molar-refractivity contribution is 4.78. The van der Waals surface area contributed by atoms with E-state index in [1.807, 2.05) is 13.8 Å². The van der Waals surface area contributed by atoms with Crippen molar-refractivity contribution in [3.63, 3.8) is 0 Å². The molecule has 1 aliphatic heterocycles. The highest BCUT2D eigenvalue weighted by atomic mass is 16.6. The van der Waals surface area contributed by atoms with Crippen molar-refractivity contribution in [2.24, 2.45) is 17.8 Å². The Bertz CT molecular complexity index is 122. The molecule has 0 N–H and O–H groups in total. The zero-order valence-electron chi connectivity index (χ0n) is 7.70. The summed E-state index contributed by atoms with van der Waals surface area (Å²) in [6.07, 6.45) is -0.681. The van der Waals surface area contributed by atoms with E-state index in [-0.39, 0.29) is 12.0 Å². The van der Waals surface area contributed by atoms with Crippen molar-refractivity contribution in [2.45, 2.75) is 40.1 Å². The third kappa shape index (κ3) is 1.57. The molecule has 5 unspecified atom stereocenters. The van der Waals surface area contributed by atoms with Gasteiger partial charge in [-0.25, -0.2) is 0 Å². The zero-order valence-corrected chi connectivity index (χ0v) is 7.70. The largest absolute Gasteiger partial charge is 0.831 e. The van der Waals surface area contributed by atoms with Gasteiger partial charge in [0.2, 0.25) is 0 Å². The summed E-state index contributed by atoms with van der Waals surface area (Å²) in [5.74, 6) is 1.15. The van der Waals surface area contributed by atoms with Crippen LogP contribution in [0, 0.1) is 17.8 Å². The summed E-state index contributed by atoms with van der Waals surface area (Å²) >= 11 is 0. The van der Waals surface area contributed by atoms with Crippen LogP contribution < -0.4 is 5.11 Å². The van der Waals surface area contributed by atoms with Crippen LogP contribution in [0.4, 0.5) is 0 Å². The van der Waals surface area contributed by atoms with Crippen molar-refractivity contribution in [3.8, 4) is 0 Å². The Morgan fingerprint density at radius 3 is 2.00 bits per heavy atom. The molecule has 0 spiro atoms. The molecule has 0 radical (unpaired) electrons. The molecule has 11 heavy (non-hydrogen) atoms. The average molecular weight is 157 g/mol. The topological polar surface area (TPSA) is 32.3 Å². The molecule has 1 rings (SSSR count). The normalized spacial score (nSPS) is 52.6. The van der Waals surface area contributed by atoms with Crippen LogP contribution in [-0.2, 0) is 4.74 Å². The van der Waals surface area contributed by atoms with E-state index in [0.29, 0.717) is 11.8 Å². The molecule has 66 valence electrons. The fourth-order valence-electron chi connectivity index (χ4n) is 1.61. The molecule has 1 aliphatic rings. The van der Waals surface area contributed by atoms with Crippen molar-refractivity contribution >= 4 is 0 Å². The van der Waals surface area contributed by atoms with Crippen LogP contribution in [0.2, 0.25) is 0 Å². The van der Waals surface area contributed by atoms with E-state index in [0.717, 1.165) is 0 Å². The number of rotatable bonds is 0. The first-order chi connectivity index (χ1) is 5.04. The van der Waals surface area contributed by atoms with Gasteiger partial charge in [-0.15, -0.1) is 0 Å². The predicted octanol–water partition coefficient (Wildman–Crippen LogP) is 1.000. The van der Waals surface area contributed by atoms with E-state index in [4.69, 9.17) is 4.74 Å². The molecule has 2 heteroatoms. The first kappa shape index (κ1) is 9.01. The van der Waals surface area contributed by atoms with Crippen molar-refractivity contribution in [1.29, 1.82) is 0 Å². The highest BCUT2D eigenvalue weighted by Crippen LogP contribution is 2.32. The maximum atomic E-state index is 11.2. The summed E-state index contributed by atoms with van der Waals surface area (Å²) in [7, 11) is 0. The van der Waals surface area contributed by atoms with Crippen molar-refractivity contribution in [1.82, 2.24) is 0 Å². The summed E-state index contributed by atoms with van der Waals surface area (Å²) in [6, 6.07) is 0. The summed E-state index contributed by atoms with van der Waals surface area (Å²) in [5, 5.41) is 11.2. The molecule has 1 fully saturated rings. The maximum absolute atomic E-state index is 11.2. The smallest absolute Gasteiger partial charge is 0.0560 e. The minimum Gasteiger partial charge on any atom is -0.831 e. The lowest BCUT2D eigenvalue weighted by Gasteiger charge is -2.46. The molecule has 2 nitrogen and oxygen atoms in total. The molecule has 1 saturated heterocycles. The molecular weight excluding hydrogens is 140 g/mol. The lowest BCUT2D eigenvalue weighted by Crippen LogP contribution is -2.49. The summed E-state index contributed by atoms with van der Waals surface area (Å²) < 4.78 is 5.23. The van der Waals surface area contributed by atoms with Gasteiger partial charge in [0.1, 0.15) is 0 Å². The van der Waals surface area contributed by atoms with Crippen molar-refractivity contribution in [2.75, 3.05) is 0 Å². The third-order valence-electron chi connectivity index (χ3n) is 3.18. The fraction of sp³-hybridized carbons (Fsp3) is 1.00. The van der Waals surface area contributed by atoms with Gasteiger partial charge in [-0.05, 0) is 31.0 Å². The van der Waals surface area contributed by atoms with E-state index >= 15 is 0 Å². The van der Waals surface area contributed by atoms with Crippen LogP contribution in [0.15, 0.2) is 0 Å². The molecule has 0 amide bonds. The first-order valence-corrected chi connectivity index (χ1v) is 4.35. The SMILES string of the molecule is CC1OC([O-])C(C)C(C)C1C. The second-order valence-electron chi connectivity index (χ2n) is 3.79. The maximum Gasteiger partial charge on any atom is 0.0560 e. The van der Waals surface area contributed by atoms with Crippen LogP contribution in [0.25, 0.3) is 0 Å². The van der Waals surface area contributed by atoms with Gasteiger partial charge >= 0.3 is 0 Å². The monoisotopic (exact) mass is 157 g/mol. The quantitative estimate of drug-likeness (QED) is 0.525. The van der Waals surface area contributed by atoms with Crippen LogP contribution in [0.3, 0.4) is 0 Å². The second kappa shape index (κ2) is 3.11. The predicted molar refractivity (Wildman–Crippen MR) is 41.8 cm³/mol. The molecule has 0 bridgehead atoms. The Kier molecular flexibility index (Phi) is 2.55. The van der Waals surface area contributed by atoms with Crippen molar-refractivity contribution in [3.05, 3.63) is 0 Å². The number of hydrogen-bond donors (Lipinski definition) is 0. The molecule has 0 aromatic heterocycles. The summed E-state index contributed by atoms with van der Waals surface area (Å²) in [5.41, 5.74) is 0. The van der Waals surface area contributed by atoms with Gasteiger partial charge in [0.25, 0.3) is 0 Å². The Morgan fingerprint density at radius 2 is 1.45 bits per heavy atom. The van der Waals surface area contributed by atoms with Gasteiger partial charge in [0.05, 0.1) is 6.10 Å². The molecule has 1 heterocycles. The first-order valence-electron chi connectivity index (χ1n) is 4.35. The molecular formula is C9H17O2-. The molecule has 0 aliphatic carbocycles. The van der Waals surface area contributed by atoms with Gasteiger partial charge in [-0.1, -0.05) is 20.8 Å². The minimum atomic E-state index is -0.809. The molecule has 0 saturated carbocycles. The van der Waals surface area contributed by atoms with Crippen molar-refractivity contribution < 1.29 is 9.84 Å². The van der Waals surface area contributed by atoms with Crippen LogP contribution in [-0.4, -0.2) is 12.4 Å². The van der Waals surface area contributed by atoms with E-state index in [9.17, 15) is 5.11 Å². The molecule has 5 atom stereocenters. The fourth-order valence-corrected chi connectivity index (χ4v) is 1.61. The second-order valence-corrected chi connectivity index (χ2v) is 3.79. The molecule has 0 aromatic rings. The number of hydrogen-bond acceptors (Lipinski definition) is 2. The third-order valence-corrected chi connectivity index (χ3v) is 3.18. The van der Waals surface area contributed by atoms with Gasteiger partial charge in [0.15, 0.2) is 0 Å². The summed E-state index contributed by atoms with van der Waals surface area (Å²) in [4.78, 5) is 0. The Morgan fingerprint density at radius 1 is 0.909 bits per heavy atom. The Balaban J connectivity index is 2.63. The van der Waals surface area contributed by atoms with E-state index in [1.54, 1.807) is 0 Å². The standard InChI is InChI=1S/C9H17O2/c1-5-6(2)8(4)11-9(10)7(5)3/h5-9H,1-4H3/q-1. The van der Waals surface area contributed by atoms with Crippen LogP contribution in [0.5, 0.6) is 0 Å². The lowest BCUT2D eigenvalue weighted by molar-refractivity contribution is -0.523. The lowest BCUT2D eigenvalue weighted by atomic mass is 9.79. The highest BCUT2D eigenvalue weighted by Gasteiger charge is 2.31. The average Bonchev–Trinajstić information content (AvgIpc) is 1.97. The zero-order chi connectivity index (χ0) is 8.59. The minimum absolute atomic E-state index is 0.128. The Labute approximate surface area is 68.6 Å². The van der Waals surface area contributed by atoms with E-state index < -0.39 is 6.29 Å². The molecule has 0 aromatic carbocycles.